The van der Waals surface area contributed by atoms with Gasteiger partial charge in [-0.3, -0.25) is 4.79 Å². The molecule has 0 radical (unpaired) electrons. The molecule has 1 aliphatic carbocycles. The molecule has 0 spiro atoms. The zero-order valence-electron chi connectivity index (χ0n) is 17.2. The van der Waals surface area contributed by atoms with E-state index in [-0.39, 0.29) is 30.0 Å². The van der Waals surface area contributed by atoms with Crippen molar-refractivity contribution in [2.24, 2.45) is 5.92 Å². The molecule has 1 aromatic carbocycles. The summed E-state index contributed by atoms with van der Waals surface area (Å²) in [5.41, 5.74) is -0.636. The van der Waals surface area contributed by atoms with Crippen molar-refractivity contribution in [1.82, 2.24) is 20.3 Å². The predicted octanol–water partition coefficient (Wildman–Crippen LogP) is 4.13. The highest BCUT2D eigenvalue weighted by molar-refractivity contribution is 14.1. The van der Waals surface area contributed by atoms with Gasteiger partial charge in [-0.2, -0.15) is 28.1 Å². The number of rotatable bonds is 6. The number of carbonyl (C=O) groups is 1. The number of hydrogen-bond acceptors (Lipinski definition) is 6. The molecule has 1 aliphatic rings. The van der Waals surface area contributed by atoms with E-state index in [4.69, 9.17) is 0 Å². The molecule has 0 bridgehead atoms. The lowest BCUT2D eigenvalue weighted by Gasteiger charge is -2.28. The number of aryl methyl sites for hydroxylation is 1. The molecule has 1 fully saturated rings. The molecule has 7 nitrogen and oxygen atoms in total. The summed E-state index contributed by atoms with van der Waals surface area (Å²) in [5, 5.41) is 8.85. The average molecular weight is 548 g/mol. The first-order valence-corrected chi connectivity index (χ1v) is 11.0. The second-order valence-corrected chi connectivity index (χ2v) is 8.74. The van der Waals surface area contributed by atoms with Gasteiger partial charge in [0.2, 0.25) is 17.8 Å². The van der Waals surface area contributed by atoms with Gasteiger partial charge in [-0.1, -0.05) is 6.07 Å². The Labute approximate surface area is 192 Å². The first-order valence-electron chi connectivity index (χ1n) is 9.96. The van der Waals surface area contributed by atoms with Gasteiger partial charge in [-0.15, -0.1) is 0 Å². The van der Waals surface area contributed by atoms with Crippen LogP contribution in [0.3, 0.4) is 0 Å². The minimum Gasteiger partial charge on any atom is -0.357 e. The van der Waals surface area contributed by atoms with Crippen molar-refractivity contribution in [3.05, 3.63) is 38.7 Å². The molecule has 3 N–H and O–H groups in total. The quantitative estimate of drug-likeness (QED) is 0.471. The Bertz CT molecular complexity index is 932. The van der Waals surface area contributed by atoms with Gasteiger partial charge < -0.3 is 16.0 Å². The minimum atomic E-state index is -4.45. The Hall–Kier alpha value is -2.18. The summed E-state index contributed by atoms with van der Waals surface area (Å²) in [5.74, 6) is 1.14. The van der Waals surface area contributed by atoms with Crippen LogP contribution in [0.15, 0.2) is 18.2 Å². The second kappa shape index (κ2) is 9.96. The second-order valence-electron chi connectivity index (χ2n) is 7.49. The lowest BCUT2D eigenvalue weighted by molar-refractivity contribution is -0.138. The number of hydrogen-bond donors (Lipinski definition) is 3. The third-order valence-corrected chi connectivity index (χ3v) is 5.90. The number of amides is 1. The number of carbonyl (C=O) groups excluding carboxylic acids is 1. The molecule has 31 heavy (non-hydrogen) atoms. The van der Waals surface area contributed by atoms with Crippen LogP contribution in [0, 0.1) is 16.4 Å². The van der Waals surface area contributed by atoms with Crippen molar-refractivity contribution in [3.63, 3.8) is 0 Å². The molecule has 1 heterocycles. The Morgan fingerprint density at radius 1 is 1.13 bits per heavy atom. The van der Waals surface area contributed by atoms with E-state index in [1.165, 1.54) is 6.07 Å². The first-order chi connectivity index (χ1) is 14.7. The Morgan fingerprint density at radius 3 is 2.45 bits per heavy atom. The van der Waals surface area contributed by atoms with Gasteiger partial charge in [0.05, 0.1) is 5.56 Å². The summed E-state index contributed by atoms with van der Waals surface area (Å²) in [6.45, 7) is 1.65. The van der Waals surface area contributed by atoms with Crippen LogP contribution in [0.25, 0.3) is 0 Å². The van der Waals surface area contributed by atoms with Gasteiger partial charge in [0.1, 0.15) is 5.82 Å². The third kappa shape index (κ3) is 6.40. The van der Waals surface area contributed by atoms with Crippen molar-refractivity contribution in [2.75, 3.05) is 17.7 Å². The highest BCUT2D eigenvalue weighted by atomic mass is 127. The molecule has 168 valence electrons. The highest BCUT2D eigenvalue weighted by Gasteiger charge is 2.34. The summed E-state index contributed by atoms with van der Waals surface area (Å²) < 4.78 is 40.3. The molecule has 1 amide bonds. The van der Waals surface area contributed by atoms with Crippen LogP contribution in [0.4, 0.5) is 25.1 Å². The van der Waals surface area contributed by atoms with E-state index in [1.807, 2.05) is 22.6 Å². The number of alkyl halides is 3. The normalized spacial score (nSPS) is 19.0. The number of aromatic nitrogens is 3. The van der Waals surface area contributed by atoms with Gasteiger partial charge in [-0.25, -0.2) is 0 Å². The van der Waals surface area contributed by atoms with Crippen LogP contribution < -0.4 is 16.0 Å². The zero-order chi connectivity index (χ0) is 22.6. The summed E-state index contributed by atoms with van der Waals surface area (Å²) in [6, 6.07) is 4.25. The summed E-state index contributed by atoms with van der Waals surface area (Å²) >= 11 is 1.85. The fourth-order valence-corrected chi connectivity index (χ4v) is 4.13. The van der Waals surface area contributed by atoms with Crippen LogP contribution in [0.1, 0.15) is 42.6 Å². The molecule has 1 saturated carbocycles. The average Bonchev–Trinajstić information content (AvgIpc) is 2.72. The highest BCUT2D eigenvalue weighted by Crippen LogP contribution is 2.33. The lowest BCUT2D eigenvalue weighted by Crippen LogP contribution is -2.36. The van der Waals surface area contributed by atoms with Crippen molar-refractivity contribution < 1.29 is 18.0 Å². The van der Waals surface area contributed by atoms with E-state index in [9.17, 15) is 18.0 Å². The molecule has 0 aliphatic heterocycles. The molecular formula is C20H24F3IN6O. The number of halogens is 4. The largest absolute Gasteiger partial charge is 0.416 e. The Balaban J connectivity index is 1.53. The summed E-state index contributed by atoms with van der Waals surface area (Å²) in [4.78, 5) is 25.3. The van der Waals surface area contributed by atoms with E-state index in [0.29, 0.717) is 34.1 Å². The molecule has 0 unspecified atom stereocenters. The van der Waals surface area contributed by atoms with Gasteiger partial charge >= 0.3 is 6.18 Å². The van der Waals surface area contributed by atoms with Crippen LogP contribution >= 0.6 is 22.6 Å². The van der Waals surface area contributed by atoms with E-state index < -0.39 is 11.7 Å². The van der Waals surface area contributed by atoms with Crippen molar-refractivity contribution >= 4 is 40.4 Å². The summed E-state index contributed by atoms with van der Waals surface area (Å²) in [6.07, 6.45) is -1.67. The van der Waals surface area contributed by atoms with Crippen LogP contribution in [0.2, 0.25) is 0 Å². The lowest BCUT2D eigenvalue weighted by atomic mass is 9.85. The Kier molecular flexibility index (Phi) is 7.55. The number of nitrogens with zero attached hydrogens (tertiary/aromatic N) is 3. The molecule has 0 saturated heterocycles. The van der Waals surface area contributed by atoms with Gasteiger partial charge in [0.25, 0.3) is 0 Å². The van der Waals surface area contributed by atoms with Crippen LogP contribution in [-0.2, 0) is 17.5 Å². The molecule has 0 atom stereocenters. The fourth-order valence-electron chi connectivity index (χ4n) is 3.63. The molecule has 11 heteroatoms. The van der Waals surface area contributed by atoms with E-state index in [2.05, 4.69) is 30.9 Å². The van der Waals surface area contributed by atoms with Gasteiger partial charge in [0, 0.05) is 29.1 Å². The molecular weight excluding hydrogens is 524 g/mol. The monoisotopic (exact) mass is 548 g/mol. The third-order valence-electron chi connectivity index (χ3n) is 5.23. The van der Waals surface area contributed by atoms with Crippen molar-refractivity contribution in [2.45, 2.75) is 51.4 Å². The maximum Gasteiger partial charge on any atom is 0.416 e. The maximum absolute atomic E-state index is 13.3. The number of anilines is 2. The van der Waals surface area contributed by atoms with E-state index in [0.717, 1.165) is 18.9 Å². The Morgan fingerprint density at radius 2 is 1.81 bits per heavy atom. The maximum atomic E-state index is 13.3. The molecule has 1 aromatic heterocycles. The van der Waals surface area contributed by atoms with E-state index in [1.54, 1.807) is 20.0 Å². The van der Waals surface area contributed by atoms with Crippen molar-refractivity contribution in [1.29, 1.82) is 0 Å². The zero-order valence-corrected chi connectivity index (χ0v) is 19.3. The minimum absolute atomic E-state index is 0.0714. The topological polar surface area (TPSA) is 91.8 Å². The fraction of sp³-hybridized carbons (Fsp3) is 0.500. The smallest absolute Gasteiger partial charge is 0.357 e. The van der Waals surface area contributed by atoms with E-state index >= 15 is 0 Å². The predicted molar refractivity (Wildman–Crippen MR) is 119 cm³/mol. The molecule has 3 rings (SSSR count). The SMILES string of the molecule is CNc1nc(C)nc(N[C@H]2CC[C@@H](C(=O)NCc3ccc(I)cc3C(F)(F)F)CC2)n1. The standard InChI is InChI=1S/C20H24F3IN6O/c1-11-27-18(25-2)30-19(28-11)29-15-7-4-12(5-8-15)17(31)26-10-13-3-6-14(24)9-16(13)20(21,22)23/h3,6,9,12,15H,4-5,7-8,10H2,1-2H3,(H,26,31)(H2,25,27,28,29,30)/t12-,15+. The molecule has 2 aromatic rings. The number of nitrogens with one attached hydrogen (secondary N) is 3. The first kappa shape index (κ1) is 23.5. The van der Waals surface area contributed by atoms with Gasteiger partial charge in [-0.05, 0) is 72.9 Å². The van der Waals surface area contributed by atoms with Crippen molar-refractivity contribution in [3.8, 4) is 0 Å². The number of benzene rings is 1. The summed E-state index contributed by atoms with van der Waals surface area (Å²) in [7, 11) is 1.73. The van der Waals surface area contributed by atoms with Gasteiger partial charge in [0.15, 0.2) is 0 Å². The van der Waals surface area contributed by atoms with Crippen LogP contribution in [0.5, 0.6) is 0 Å². The van der Waals surface area contributed by atoms with Crippen LogP contribution in [-0.4, -0.2) is 33.9 Å².